The van der Waals surface area contributed by atoms with E-state index in [0.29, 0.717) is 55.3 Å². The van der Waals surface area contributed by atoms with Crippen molar-refractivity contribution in [3.8, 4) is 22.5 Å². The molecule has 0 amide bonds. The number of aromatic nitrogens is 2. The number of rotatable bonds is 5. The fraction of sp³-hybridized carbons (Fsp3) is 0.321. The third-order valence-electron chi connectivity index (χ3n) is 9.23. The van der Waals surface area contributed by atoms with E-state index in [2.05, 4.69) is 22.1 Å². The molecule has 6 heteroatoms. The molecule has 5 heterocycles. The van der Waals surface area contributed by atoms with Crippen LogP contribution in [0.25, 0.3) is 75.8 Å². The van der Waals surface area contributed by atoms with Crippen LogP contribution in [0.1, 0.15) is 107 Å². The topological polar surface area (TPSA) is 52.1 Å². The second-order valence-corrected chi connectivity index (χ2v) is 18.7. The standard InChI is InChI=1S/C32H26NO2S.C21H28N.Ir/c1-17-13-23-20-10-8-11-21(24-14-19(15-32(3,4)5)18(2)16-33-24)28(20)35-29(23)26-27(17)34-30-22-9-6-7-12-25(22)36-31(26)30;1-20(2,3)13-17-12-19(16-10-8-7-9-11-16)22-15-18(17)14-21(4,5)6;/h6-10,12-14,16H,15H2,1-5H3;7-10,12,15H,13-14H2,1-6H3;/q2*-1;/i1D3,2D3,15D2;13D2,14D2;. The van der Waals surface area contributed by atoms with E-state index in [1.54, 1.807) is 51.1 Å². The van der Waals surface area contributed by atoms with Gasteiger partial charge in [0.05, 0.1) is 15.7 Å². The number of hydrogen-bond acceptors (Lipinski definition) is 5. The molecule has 0 saturated heterocycles. The first kappa shape index (κ1) is 29.6. The fourth-order valence-electron chi connectivity index (χ4n) is 7.02. The van der Waals surface area contributed by atoms with Crippen LogP contribution in [0.3, 0.4) is 0 Å². The summed E-state index contributed by atoms with van der Waals surface area (Å²) in [6, 6.07) is 29.7. The zero-order chi connectivity index (χ0) is 51.5. The first-order chi connectivity index (χ1) is 32.2. The molecule has 0 aliphatic rings. The summed E-state index contributed by atoms with van der Waals surface area (Å²) < 4.78 is 116. The molecule has 0 aliphatic carbocycles. The molecule has 0 unspecified atom stereocenters. The maximum absolute atomic E-state index is 8.92. The van der Waals surface area contributed by atoms with E-state index in [-0.39, 0.29) is 48.1 Å². The van der Waals surface area contributed by atoms with Gasteiger partial charge in [-0.3, -0.25) is 0 Å². The van der Waals surface area contributed by atoms with Gasteiger partial charge in [-0.2, -0.15) is 0 Å². The average Bonchev–Trinajstić information content (AvgIpc) is 3.94. The van der Waals surface area contributed by atoms with Gasteiger partial charge in [-0.1, -0.05) is 103 Å². The Hall–Kier alpha value is -4.61. The van der Waals surface area contributed by atoms with Crippen molar-refractivity contribution in [3.63, 3.8) is 0 Å². The summed E-state index contributed by atoms with van der Waals surface area (Å²) in [5.41, 5.74) is 2.01. The molecule has 0 spiro atoms. The van der Waals surface area contributed by atoms with Crippen LogP contribution in [0.15, 0.2) is 100 Å². The van der Waals surface area contributed by atoms with Gasteiger partial charge in [-0.05, 0) is 101 Å². The fourth-order valence-corrected chi connectivity index (χ4v) is 8.19. The molecule has 9 rings (SSSR count). The van der Waals surface area contributed by atoms with Gasteiger partial charge < -0.3 is 18.8 Å². The minimum Gasteiger partial charge on any atom is -0.500 e. The Morgan fingerprint density at radius 3 is 1.98 bits per heavy atom. The Balaban J connectivity index is 0.000000236. The van der Waals surface area contributed by atoms with E-state index in [9.17, 15) is 0 Å². The summed E-state index contributed by atoms with van der Waals surface area (Å²) in [6.07, 6.45) is -2.76. The van der Waals surface area contributed by atoms with Crippen molar-refractivity contribution in [2.24, 2.45) is 16.2 Å². The second kappa shape index (κ2) is 16.1. The minimum absolute atomic E-state index is 0. The summed E-state index contributed by atoms with van der Waals surface area (Å²) in [5, 5.41) is 2.66. The van der Waals surface area contributed by atoms with Crippen molar-refractivity contribution in [1.82, 2.24) is 9.97 Å². The normalized spacial score (nSPS) is 16.6. The van der Waals surface area contributed by atoms with E-state index < -0.39 is 49.1 Å². The van der Waals surface area contributed by atoms with Crippen molar-refractivity contribution in [2.75, 3.05) is 0 Å². The third kappa shape index (κ3) is 8.97. The monoisotopic (exact) mass is 987 g/mol. The van der Waals surface area contributed by atoms with Crippen molar-refractivity contribution in [1.29, 1.82) is 0 Å². The summed E-state index contributed by atoms with van der Waals surface area (Å²) >= 11 is 1.50. The van der Waals surface area contributed by atoms with Crippen LogP contribution in [-0.4, -0.2) is 9.97 Å². The number of nitrogens with zero attached hydrogens (tertiary/aromatic N) is 2. The SMILES string of the molecule is [2H]C([2H])([2H])c1cnc(-c2[c-]ccc3c2oc2c3cc(C([2H])([2H])[2H])c3oc4c5ccccc5sc4c32)cc1C([2H])([2H])C(C)(C)C.[2H]C([2H])(c1cnc(-c2[c-]cccc2)cc1C([2H])([2H])C(C)(C)C)C(C)(C)C.[Ir]. The molecule has 0 saturated carbocycles. The maximum Gasteiger partial charge on any atom is 0.154 e. The average molecular weight is 987 g/mol. The molecule has 0 aliphatic heterocycles. The predicted molar refractivity (Wildman–Crippen MR) is 246 cm³/mol. The van der Waals surface area contributed by atoms with Crippen LogP contribution in [0, 0.1) is 42.1 Å². The number of thiophene rings is 1. The molecule has 0 N–H and O–H groups in total. The van der Waals surface area contributed by atoms with Crippen molar-refractivity contribution < 1.29 is 45.4 Å². The predicted octanol–water partition coefficient (Wildman–Crippen LogP) is 15.5. The van der Waals surface area contributed by atoms with Crippen molar-refractivity contribution in [2.45, 2.75) is 95.1 Å². The van der Waals surface area contributed by atoms with Crippen molar-refractivity contribution >= 4 is 64.6 Å². The summed E-state index contributed by atoms with van der Waals surface area (Å²) in [6.45, 7) is 11.1. The molecule has 9 aromatic rings. The Labute approximate surface area is 383 Å². The zero-order valence-corrected chi connectivity index (χ0v) is 37.8. The summed E-state index contributed by atoms with van der Waals surface area (Å²) in [5.74, 6) is 0. The van der Waals surface area contributed by atoms with Crippen LogP contribution in [-0.2, 0) is 39.2 Å². The van der Waals surface area contributed by atoms with E-state index in [4.69, 9.17) is 25.3 Å². The Bertz CT molecular complexity index is 3460. The van der Waals surface area contributed by atoms with Crippen LogP contribution in [0.4, 0.5) is 0 Å². The minimum atomic E-state index is -2.58. The number of pyridine rings is 2. The molecule has 1 radical (unpaired) electrons. The maximum atomic E-state index is 8.92. The number of furan rings is 2. The van der Waals surface area contributed by atoms with Crippen LogP contribution >= 0.6 is 11.3 Å². The number of benzene rings is 4. The van der Waals surface area contributed by atoms with E-state index in [0.717, 1.165) is 20.3 Å². The number of hydrogen-bond donors (Lipinski definition) is 0. The van der Waals surface area contributed by atoms with Gasteiger partial charge in [0.1, 0.15) is 11.2 Å². The van der Waals surface area contributed by atoms with E-state index in [1.807, 2.05) is 84.0 Å². The van der Waals surface area contributed by atoms with Gasteiger partial charge in [0, 0.05) is 64.4 Å². The van der Waals surface area contributed by atoms with Crippen LogP contribution in [0.5, 0.6) is 0 Å². The Morgan fingerprint density at radius 1 is 0.610 bits per heavy atom. The molecule has 59 heavy (non-hydrogen) atoms. The molecule has 305 valence electrons. The number of aryl methyl sites for hydroxylation is 2. The molecule has 0 bridgehead atoms. The summed E-state index contributed by atoms with van der Waals surface area (Å²) in [4.78, 5) is 8.90. The smallest absolute Gasteiger partial charge is 0.154 e. The van der Waals surface area contributed by atoms with E-state index in [1.165, 1.54) is 29.8 Å². The van der Waals surface area contributed by atoms with Gasteiger partial charge in [0.25, 0.3) is 0 Å². The molecular formula is C53H54IrN2O2S-2. The molecule has 0 atom stereocenters. The largest absolute Gasteiger partial charge is 0.500 e. The van der Waals surface area contributed by atoms with Gasteiger partial charge in [-0.25, -0.2) is 0 Å². The van der Waals surface area contributed by atoms with Gasteiger partial charge >= 0.3 is 0 Å². The Morgan fingerprint density at radius 2 is 1.27 bits per heavy atom. The van der Waals surface area contributed by atoms with Crippen LogP contribution < -0.4 is 0 Å². The van der Waals surface area contributed by atoms with E-state index >= 15 is 0 Å². The van der Waals surface area contributed by atoms with Gasteiger partial charge in [0.15, 0.2) is 5.58 Å². The second-order valence-electron chi connectivity index (χ2n) is 17.7. The summed E-state index contributed by atoms with van der Waals surface area (Å²) in [7, 11) is 0. The molecule has 5 aromatic heterocycles. The molecular weight excluding hydrogens is 921 g/mol. The Kier molecular flexibility index (Phi) is 8.08. The third-order valence-corrected chi connectivity index (χ3v) is 10.4. The molecule has 0 fully saturated rings. The number of fused-ring (bicyclic) bond motifs is 9. The molecule has 4 aromatic carbocycles. The first-order valence-electron chi connectivity index (χ1n) is 25.3. The first-order valence-corrected chi connectivity index (χ1v) is 20.1. The van der Waals surface area contributed by atoms with Crippen molar-refractivity contribution in [3.05, 3.63) is 131 Å². The quantitative estimate of drug-likeness (QED) is 0.161. The molecule has 4 nitrogen and oxygen atoms in total. The van der Waals surface area contributed by atoms with Gasteiger partial charge in [0.2, 0.25) is 0 Å². The van der Waals surface area contributed by atoms with Crippen LogP contribution in [0.2, 0.25) is 0 Å². The van der Waals surface area contributed by atoms with Gasteiger partial charge in [-0.15, -0.1) is 65.4 Å². The zero-order valence-electron chi connectivity index (χ0n) is 46.6.